The van der Waals surface area contributed by atoms with Crippen molar-refractivity contribution in [1.29, 1.82) is 0 Å². The van der Waals surface area contributed by atoms with Crippen molar-refractivity contribution < 1.29 is 13.9 Å². The fourth-order valence-corrected chi connectivity index (χ4v) is 3.03. The van der Waals surface area contributed by atoms with Crippen molar-refractivity contribution in [3.05, 3.63) is 21.4 Å². The van der Waals surface area contributed by atoms with Gasteiger partial charge in [0.15, 0.2) is 0 Å². The second-order valence-corrected chi connectivity index (χ2v) is 4.75. The minimum Gasteiger partial charge on any atom is -0.382 e. The Labute approximate surface area is 85.4 Å². The SMILES string of the molecule is OC(c1cc2c(s1)CCCC2)C(F)F. The number of alkyl halides is 2. The van der Waals surface area contributed by atoms with E-state index >= 15 is 0 Å². The number of hydrogen-bond donors (Lipinski definition) is 1. The summed E-state index contributed by atoms with van der Waals surface area (Å²) >= 11 is 1.34. The van der Waals surface area contributed by atoms with Gasteiger partial charge in [0.1, 0.15) is 6.10 Å². The molecule has 78 valence electrons. The van der Waals surface area contributed by atoms with Gasteiger partial charge >= 0.3 is 0 Å². The van der Waals surface area contributed by atoms with E-state index in [1.165, 1.54) is 16.2 Å². The Morgan fingerprint density at radius 2 is 2.00 bits per heavy atom. The third-order valence-corrected chi connectivity index (χ3v) is 3.85. The van der Waals surface area contributed by atoms with Crippen molar-refractivity contribution in [3.8, 4) is 0 Å². The maximum atomic E-state index is 12.2. The minimum atomic E-state index is -2.67. The molecule has 1 N–H and O–H groups in total. The van der Waals surface area contributed by atoms with E-state index in [1.807, 2.05) is 0 Å². The quantitative estimate of drug-likeness (QED) is 0.809. The maximum Gasteiger partial charge on any atom is 0.268 e. The molecular formula is C10H12F2OS. The lowest BCUT2D eigenvalue weighted by atomic mass is 9.99. The highest BCUT2D eigenvalue weighted by Crippen LogP contribution is 2.34. The molecule has 0 aliphatic heterocycles. The molecule has 1 heterocycles. The van der Waals surface area contributed by atoms with Gasteiger partial charge in [-0.15, -0.1) is 11.3 Å². The van der Waals surface area contributed by atoms with Crippen LogP contribution in [0.1, 0.15) is 34.3 Å². The summed E-state index contributed by atoms with van der Waals surface area (Å²) in [6.45, 7) is 0. The van der Waals surface area contributed by atoms with Crippen molar-refractivity contribution in [3.63, 3.8) is 0 Å². The number of rotatable bonds is 2. The molecular weight excluding hydrogens is 206 g/mol. The molecule has 0 bridgehead atoms. The predicted molar refractivity (Wildman–Crippen MR) is 51.9 cm³/mol. The van der Waals surface area contributed by atoms with Crippen LogP contribution in [0.3, 0.4) is 0 Å². The van der Waals surface area contributed by atoms with Crippen molar-refractivity contribution in [2.45, 2.75) is 38.2 Å². The number of aliphatic hydroxyl groups excluding tert-OH is 1. The van der Waals surface area contributed by atoms with Gasteiger partial charge in [-0.1, -0.05) is 0 Å². The number of hydrogen-bond acceptors (Lipinski definition) is 2. The second kappa shape index (κ2) is 3.95. The highest BCUT2D eigenvalue weighted by atomic mass is 32.1. The first-order valence-corrected chi connectivity index (χ1v) is 5.58. The molecule has 0 spiro atoms. The van der Waals surface area contributed by atoms with Gasteiger partial charge in [0.05, 0.1) is 0 Å². The molecule has 14 heavy (non-hydrogen) atoms. The first-order valence-electron chi connectivity index (χ1n) is 4.76. The van der Waals surface area contributed by atoms with E-state index in [1.54, 1.807) is 6.07 Å². The molecule has 1 unspecified atom stereocenters. The van der Waals surface area contributed by atoms with Crippen molar-refractivity contribution >= 4 is 11.3 Å². The fourth-order valence-electron chi connectivity index (χ4n) is 1.78. The van der Waals surface area contributed by atoms with Crippen LogP contribution in [-0.4, -0.2) is 11.5 Å². The fraction of sp³-hybridized carbons (Fsp3) is 0.600. The highest BCUT2D eigenvalue weighted by Gasteiger charge is 2.23. The smallest absolute Gasteiger partial charge is 0.268 e. The lowest BCUT2D eigenvalue weighted by Crippen LogP contribution is -2.05. The summed E-state index contributed by atoms with van der Waals surface area (Å²) in [5, 5.41) is 9.21. The molecule has 0 fully saturated rings. The van der Waals surface area contributed by atoms with E-state index < -0.39 is 12.5 Å². The summed E-state index contributed by atoms with van der Waals surface area (Å²) in [5.41, 5.74) is 1.16. The minimum absolute atomic E-state index is 0.423. The molecule has 1 aliphatic carbocycles. The summed E-state index contributed by atoms with van der Waals surface area (Å²) in [5.74, 6) is 0. The van der Waals surface area contributed by atoms with Gasteiger partial charge < -0.3 is 5.11 Å². The molecule has 1 aromatic rings. The van der Waals surface area contributed by atoms with Gasteiger partial charge in [-0.3, -0.25) is 0 Å². The molecule has 4 heteroatoms. The number of thiophene rings is 1. The Kier molecular flexibility index (Phi) is 2.83. The molecule has 0 radical (unpaired) electrons. The molecule has 0 aromatic carbocycles. The predicted octanol–water partition coefficient (Wildman–Crippen LogP) is 2.93. The van der Waals surface area contributed by atoms with E-state index in [0.29, 0.717) is 4.88 Å². The normalized spacial score (nSPS) is 18.3. The maximum absolute atomic E-state index is 12.2. The van der Waals surface area contributed by atoms with Crippen LogP contribution in [0, 0.1) is 0 Å². The van der Waals surface area contributed by atoms with Crippen LogP contribution in [-0.2, 0) is 12.8 Å². The van der Waals surface area contributed by atoms with Gasteiger partial charge in [-0.05, 0) is 37.3 Å². The summed E-state index contributed by atoms with van der Waals surface area (Å²) in [7, 11) is 0. The average Bonchev–Trinajstić information content (AvgIpc) is 2.59. The third-order valence-electron chi connectivity index (χ3n) is 2.55. The van der Waals surface area contributed by atoms with Gasteiger partial charge in [0.2, 0.25) is 0 Å². The van der Waals surface area contributed by atoms with Crippen LogP contribution < -0.4 is 0 Å². The molecule has 1 aliphatic rings. The molecule has 0 saturated carbocycles. The first kappa shape index (κ1) is 10.1. The van der Waals surface area contributed by atoms with Crippen molar-refractivity contribution in [2.24, 2.45) is 0 Å². The molecule has 0 amide bonds. The third kappa shape index (κ3) is 1.81. The van der Waals surface area contributed by atoms with Gasteiger partial charge in [0.25, 0.3) is 6.43 Å². The zero-order valence-electron chi connectivity index (χ0n) is 7.67. The zero-order chi connectivity index (χ0) is 10.1. The topological polar surface area (TPSA) is 20.2 Å². The van der Waals surface area contributed by atoms with Crippen LogP contribution in [0.4, 0.5) is 8.78 Å². The largest absolute Gasteiger partial charge is 0.382 e. The van der Waals surface area contributed by atoms with Gasteiger partial charge in [-0.25, -0.2) is 8.78 Å². The lowest BCUT2D eigenvalue weighted by Gasteiger charge is -2.08. The highest BCUT2D eigenvalue weighted by molar-refractivity contribution is 7.12. The van der Waals surface area contributed by atoms with E-state index in [2.05, 4.69) is 0 Å². The van der Waals surface area contributed by atoms with E-state index in [4.69, 9.17) is 0 Å². The summed E-state index contributed by atoms with van der Waals surface area (Å²) in [6.07, 6.45) is -0.0376. The molecule has 1 atom stereocenters. The van der Waals surface area contributed by atoms with Gasteiger partial charge in [-0.2, -0.15) is 0 Å². The average molecular weight is 218 g/mol. The number of aliphatic hydroxyl groups is 1. The Bertz CT molecular complexity index is 298. The van der Waals surface area contributed by atoms with Crippen LogP contribution in [0.2, 0.25) is 0 Å². The number of halogens is 2. The Morgan fingerprint density at radius 3 is 2.64 bits per heavy atom. The van der Waals surface area contributed by atoms with E-state index in [0.717, 1.165) is 31.2 Å². The summed E-state index contributed by atoms with van der Waals surface area (Å²) < 4.78 is 24.5. The number of fused-ring (bicyclic) bond motifs is 1. The number of aryl methyl sites for hydroxylation is 2. The standard InChI is InChI=1S/C10H12F2OS/c11-10(12)9(13)8-5-6-3-1-2-4-7(6)14-8/h5,9-10,13H,1-4H2. The van der Waals surface area contributed by atoms with Crippen LogP contribution in [0.5, 0.6) is 0 Å². The second-order valence-electron chi connectivity index (χ2n) is 3.58. The van der Waals surface area contributed by atoms with Gasteiger partial charge in [0, 0.05) is 9.75 Å². The molecule has 0 saturated heterocycles. The van der Waals surface area contributed by atoms with E-state index in [9.17, 15) is 13.9 Å². The lowest BCUT2D eigenvalue weighted by molar-refractivity contribution is -0.00371. The molecule has 2 rings (SSSR count). The first-order chi connectivity index (χ1) is 6.68. The van der Waals surface area contributed by atoms with E-state index in [-0.39, 0.29) is 0 Å². The molecule has 1 aromatic heterocycles. The van der Waals surface area contributed by atoms with Crippen LogP contribution in [0.25, 0.3) is 0 Å². The van der Waals surface area contributed by atoms with Crippen LogP contribution >= 0.6 is 11.3 Å². The van der Waals surface area contributed by atoms with Crippen molar-refractivity contribution in [2.75, 3.05) is 0 Å². The Hall–Kier alpha value is -0.480. The van der Waals surface area contributed by atoms with Crippen LogP contribution in [0.15, 0.2) is 6.07 Å². The summed E-state index contributed by atoms with van der Waals surface area (Å²) in [6, 6.07) is 1.75. The Morgan fingerprint density at radius 1 is 1.29 bits per heavy atom. The molecule has 1 nitrogen and oxygen atoms in total. The van der Waals surface area contributed by atoms with Crippen molar-refractivity contribution in [1.82, 2.24) is 0 Å². The summed E-state index contributed by atoms with van der Waals surface area (Å²) in [4.78, 5) is 1.61. The zero-order valence-corrected chi connectivity index (χ0v) is 8.49. The Balaban J connectivity index is 2.23. The monoisotopic (exact) mass is 218 g/mol.